The smallest absolute Gasteiger partial charge is 0.0991 e. The Kier molecular flexibility index (Phi) is 4.13. The van der Waals surface area contributed by atoms with Crippen molar-refractivity contribution in [2.24, 2.45) is 0 Å². The minimum Gasteiger partial charge on any atom is -0.381 e. The van der Waals surface area contributed by atoms with Crippen LogP contribution in [0.2, 0.25) is 10.0 Å². The maximum Gasteiger partial charge on any atom is 0.0991 e. The van der Waals surface area contributed by atoms with Crippen molar-refractivity contribution in [2.75, 3.05) is 5.32 Å². The number of nitrogens with one attached hydrogen (secondary N) is 1. The van der Waals surface area contributed by atoms with E-state index in [1.54, 1.807) is 18.6 Å². The quantitative estimate of drug-likeness (QED) is 0.749. The van der Waals surface area contributed by atoms with Gasteiger partial charge in [-0.2, -0.15) is 0 Å². The van der Waals surface area contributed by atoms with Gasteiger partial charge in [0.15, 0.2) is 0 Å². The van der Waals surface area contributed by atoms with Gasteiger partial charge < -0.3 is 9.88 Å². The van der Waals surface area contributed by atoms with Gasteiger partial charge in [-0.05, 0) is 42.0 Å². The van der Waals surface area contributed by atoms with Crippen molar-refractivity contribution in [3.05, 3.63) is 76.8 Å². The van der Waals surface area contributed by atoms with Crippen molar-refractivity contribution in [1.82, 2.24) is 9.55 Å². The van der Waals surface area contributed by atoms with E-state index in [0.717, 1.165) is 16.9 Å². The molecule has 0 saturated heterocycles. The van der Waals surface area contributed by atoms with Crippen LogP contribution < -0.4 is 5.32 Å². The summed E-state index contributed by atoms with van der Waals surface area (Å²) in [6.45, 7) is 0.660. The van der Waals surface area contributed by atoms with Gasteiger partial charge >= 0.3 is 0 Å². The van der Waals surface area contributed by atoms with Crippen molar-refractivity contribution < 1.29 is 0 Å². The largest absolute Gasteiger partial charge is 0.381 e. The topological polar surface area (TPSA) is 29.9 Å². The van der Waals surface area contributed by atoms with Crippen LogP contribution >= 0.6 is 23.2 Å². The lowest BCUT2D eigenvalue weighted by molar-refractivity contribution is 1.05. The van der Waals surface area contributed by atoms with Gasteiger partial charge in [-0.1, -0.05) is 29.3 Å². The molecule has 0 aliphatic carbocycles. The van der Waals surface area contributed by atoms with Gasteiger partial charge in [-0.3, -0.25) is 0 Å². The Labute approximate surface area is 133 Å². The first kappa shape index (κ1) is 14.0. The van der Waals surface area contributed by atoms with Crippen LogP contribution in [0.3, 0.4) is 0 Å². The second-order valence-electron chi connectivity index (χ2n) is 4.65. The third kappa shape index (κ3) is 3.57. The minimum absolute atomic E-state index is 0.645. The molecule has 0 saturated carbocycles. The molecule has 1 aromatic heterocycles. The molecule has 1 heterocycles. The zero-order valence-corrected chi connectivity index (χ0v) is 12.6. The number of anilines is 1. The lowest BCUT2D eigenvalue weighted by Gasteiger charge is -2.09. The number of nitrogens with zero attached hydrogens (tertiary/aromatic N) is 2. The number of imidazole rings is 1. The van der Waals surface area contributed by atoms with Gasteiger partial charge in [0.25, 0.3) is 0 Å². The second kappa shape index (κ2) is 6.20. The molecule has 0 atom stereocenters. The summed E-state index contributed by atoms with van der Waals surface area (Å²) in [7, 11) is 0. The van der Waals surface area contributed by atoms with Crippen LogP contribution in [-0.4, -0.2) is 9.55 Å². The molecule has 0 bridgehead atoms. The first-order valence-corrected chi connectivity index (χ1v) is 7.23. The molecule has 0 spiro atoms. The Bertz CT molecular complexity index is 719. The Balaban J connectivity index is 1.75. The first-order valence-electron chi connectivity index (χ1n) is 6.48. The van der Waals surface area contributed by atoms with Crippen molar-refractivity contribution in [2.45, 2.75) is 6.54 Å². The van der Waals surface area contributed by atoms with E-state index in [-0.39, 0.29) is 0 Å². The molecular formula is C16H13Cl2N3. The number of hydrogen-bond acceptors (Lipinski definition) is 2. The van der Waals surface area contributed by atoms with E-state index >= 15 is 0 Å². The van der Waals surface area contributed by atoms with Gasteiger partial charge in [-0.25, -0.2) is 4.98 Å². The summed E-state index contributed by atoms with van der Waals surface area (Å²) < 4.78 is 1.96. The molecule has 3 aromatic rings. The van der Waals surface area contributed by atoms with Gasteiger partial charge in [0.05, 0.1) is 6.33 Å². The molecule has 5 heteroatoms. The first-order chi connectivity index (χ1) is 10.2. The van der Waals surface area contributed by atoms with Crippen molar-refractivity contribution in [1.29, 1.82) is 0 Å². The Hall–Kier alpha value is -1.97. The van der Waals surface area contributed by atoms with E-state index in [2.05, 4.69) is 16.4 Å². The Morgan fingerprint density at radius 2 is 1.86 bits per heavy atom. The molecular weight excluding hydrogens is 305 g/mol. The zero-order valence-electron chi connectivity index (χ0n) is 11.1. The maximum absolute atomic E-state index is 6.00. The van der Waals surface area contributed by atoms with Crippen molar-refractivity contribution in [3.8, 4) is 5.69 Å². The highest BCUT2D eigenvalue weighted by Crippen LogP contribution is 2.20. The highest BCUT2D eigenvalue weighted by molar-refractivity contribution is 6.34. The molecule has 2 aromatic carbocycles. The number of benzene rings is 2. The summed E-state index contributed by atoms with van der Waals surface area (Å²) in [6, 6.07) is 13.7. The zero-order chi connectivity index (χ0) is 14.7. The Morgan fingerprint density at radius 3 is 2.57 bits per heavy atom. The van der Waals surface area contributed by atoms with Crippen LogP contribution in [0.25, 0.3) is 5.69 Å². The van der Waals surface area contributed by atoms with E-state index in [9.17, 15) is 0 Å². The molecule has 0 amide bonds. The minimum atomic E-state index is 0.645. The molecule has 0 unspecified atom stereocenters. The molecule has 3 nitrogen and oxygen atoms in total. The maximum atomic E-state index is 6.00. The summed E-state index contributed by atoms with van der Waals surface area (Å²) in [6.07, 6.45) is 5.44. The summed E-state index contributed by atoms with van der Waals surface area (Å²) in [4.78, 5) is 4.05. The highest BCUT2D eigenvalue weighted by Gasteiger charge is 2.00. The number of hydrogen-bond donors (Lipinski definition) is 1. The molecule has 0 fully saturated rings. The van der Waals surface area contributed by atoms with Crippen molar-refractivity contribution in [3.63, 3.8) is 0 Å². The van der Waals surface area contributed by atoms with E-state index < -0.39 is 0 Å². The monoisotopic (exact) mass is 317 g/mol. The van der Waals surface area contributed by atoms with Crippen LogP contribution in [-0.2, 0) is 6.54 Å². The predicted molar refractivity (Wildman–Crippen MR) is 87.4 cm³/mol. The third-order valence-electron chi connectivity index (χ3n) is 3.07. The fourth-order valence-corrected chi connectivity index (χ4v) is 2.68. The number of halogens is 2. The molecule has 0 aliphatic rings. The number of rotatable bonds is 4. The van der Waals surface area contributed by atoms with Crippen LogP contribution in [0.5, 0.6) is 0 Å². The van der Waals surface area contributed by atoms with E-state index in [1.165, 1.54) is 0 Å². The fraction of sp³-hybridized carbons (Fsp3) is 0.0625. The van der Waals surface area contributed by atoms with Crippen LogP contribution in [0, 0.1) is 0 Å². The van der Waals surface area contributed by atoms with Gasteiger partial charge in [-0.15, -0.1) is 0 Å². The summed E-state index contributed by atoms with van der Waals surface area (Å²) >= 11 is 12.0. The molecule has 21 heavy (non-hydrogen) atoms. The number of aromatic nitrogens is 2. The normalized spacial score (nSPS) is 10.6. The predicted octanol–water partition coefficient (Wildman–Crippen LogP) is 4.79. The van der Waals surface area contributed by atoms with E-state index in [4.69, 9.17) is 23.2 Å². The van der Waals surface area contributed by atoms with Crippen LogP contribution in [0.1, 0.15) is 5.56 Å². The Morgan fingerprint density at radius 1 is 1.05 bits per heavy atom. The van der Waals surface area contributed by atoms with Gasteiger partial charge in [0, 0.05) is 40.4 Å². The molecule has 1 N–H and O–H groups in total. The molecule has 3 rings (SSSR count). The molecule has 0 radical (unpaired) electrons. The highest BCUT2D eigenvalue weighted by atomic mass is 35.5. The standard InChI is InChI=1S/C16H13Cl2N3/c17-13-6-12(7-14(18)8-13)10-20-15-2-1-3-16(9-15)21-5-4-19-11-21/h1-9,11,20H,10H2. The SMILES string of the molecule is Clc1cc(Cl)cc(CNc2cccc(-n3ccnc3)c2)c1. The lowest BCUT2D eigenvalue weighted by atomic mass is 10.2. The third-order valence-corrected chi connectivity index (χ3v) is 3.50. The summed E-state index contributed by atoms with van der Waals surface area (Å²) in [5.41, 5.74) is 3.12. The van der Waals surface area contributed by atoms with Crippen LogP contribution in [0.15, 0.2) is 61.2 Å². The molecule has 106 valence electrons. The summed E-state index contributed by atoms with van der Waals surface area (Å²) in [5.74, 6) is 0. The van der Waals surface area contributed by atoms with E-state index in [1.807, 2.05) is 41.1 Å². The van der Waals surface area contributed by atoms with Gasteiger partial charge in [0.1, 0.15) is 0 Å². The second-order valence-corrected chi connectivity index (χ2v) is 5.52. The summed E-state index contributed by atoms with van der Waals surface area (Å²) in [5, 5.41) is 4.66. The average Bonchev–Trinajstić information content (AvgIpc) is 2.99. The van der Waals surface area contributed by atoms with Crippen LogP contribution in [0.4, 0.5) is 5.69 Å². The van der Waals surface area contributed by atoms with Gasteiger partial charge in [0.2, 0.25) is 0 Å². The lowest BCUT2D eigenvalue weighted by Crippen LogP contribution is -2.00. The van der Waals surface area contributed by atoms with E-state index in [0.29, 0.717) is 16.6 Å². The fourth-order valence-electron chi connectivity index (χ4n) is 2.11. The van der Waals surface area contributed by atoms with Crippen molar-refractivity contribution >= 4 is 28.9 Å². The average molecular weight is 318 g/mol. The molecule has 0 aliphatic heterocycles.